The number of amides is 1. The van der Waals surface area contributed by atoms with E-state index in [1.165, 1.54) is 0 Å². The number of nitrogens with zero attached hydrogens (tertiary/aromatic N) is 1. The molecule has 2 atom stereocenters. The van der Waals surface area contributed by atoms with Crippen LogP contribution in [0.15, 0.2) is 27.4 Å². The smallest absolute Gasteiger partial charge is 0.336 e. The molecule has 0 radical (unpaired) electrons. The van der Waals surface area contributed by atoms with Gasteiger partial charge in [0.2, 0.25) is 0 Å². The average Bonchev–Trinajstić information content (AvgIpc) is 2.76. The predicted octanol–water partition coefficient (Wildman–Crippen LogP) is 4.37. The molecule has 1 aliphatic carbocycles. The van der Waals surface area contributed by atoms with Crippen molar-refractivity contribution in [3.05, 3.63) is 39.7 Å². The highest BCUT2D eigenvalue weighted by atomic mass is 16.5. The highest BCUT2D eigenvalue weighted by Gasteiger charge is 2.43. The third kappa shape index (κ3) is 4.85. The zero-order chi connectivity index (χ0) is 22.7. The quantitative estimate of drug-likeness (QED) is 0.510. The Morgan fingerprint density at radius 3 is 2.91 bits per heavy atom. The lowest BCUT2D eigenvalue weighted by molar-refractivity contribution is -0.145. The largest absolute Gasteiger partial charge is 0.483 e. The summed E-state index contributed by atoms with van der Waals surface area (Å²) in [6, 6.07) is 5.31. The van der Waals surface area contributed by atoms with E-state index in [0.29, 0.717) is 30.8 Å². The van der Waals surface area contributed by atoms with Gasteiger partial charge in [-0.3, -0.25) is 4.79 Å². The molecule has 4 rings (SSSR count). The minimum absolute atomic E-state index is 0.0582. The van der Waals surface area contributed by atoms with Crippen molar-refractivity contribution in [2.75, 3.05) is 19.7 Å². The van der Waals surface area contributed by atoms with E-state index in [2.05, 4.69) is 6.92 Å². The van der Waals surface area contributed by atoms with Gasteiger partial charge >= 0.3 is 5.63 Å². The summed E-state index contributed by atoms with van der Waals surface area (Å²) in [6.07, 6.45) is 8.60. The molecule has 174 valence electrons. The molecule has 1 aromatic heterocycles. The summed E-state index contributed by atoms with van der Waals surface area (Å²) < 4.78 is 11.5. The minimum atomic E-state index is -0.604. The molecule has 0 spiro atoms. The van der Waals surface area contributed by atoms with Crippen LogP contribution < -0.4 is 10.4 Å². The molecule has 2 aliphatic rings. The Labute approximate surface area is 189 Å². The fourth-order valence-electron chi connectivity index (χ4n) is 5.37. The topological polar surface area (TPSA) is 80.0 Å². The lowest BCUT2D eigenvalue weighted by Gasteiger charge is -2.47. The maximum Gasteiger partial charge on any atom is 0.336 e. The maximum atomic E-state index is 13.0. The standard InChI is InChI=1S/C26H35NO5/c1-3-4-5-8-19-15-24(29)32-22-14-18(2)13-21(25(19)22)31-17-23(28)27-12-11-26(30)10-7-6-9-20(26)16-27/h13-15,20,30H,3-12,16-17H2,1-2H3/t20-,26-/m0/s1. The zero-order valence-corrected chi connectivity index (χ0v) is 19.3. The monoisotopic (exact) mass is 441 g/mol. The summed E-state index contributed by atoms with van der Waals surface area (Å²) in [7, 11) is 0. The summed E-state index contributed by atoms with van der Waals surface area (Å²) >= 11 is 0. The maximum absolute atomic E-state index is 13.0. The summed E-state index contributed by atoms with van der Waals surface area (Å²) in [5, 5.41) is 11.7. The van der Waals surface area contributed by atoms with E-state index in [4.69, 9.17) is 9.15 Å². The Balaban J connectivity index is 1.51. The van der Waals surface area contributed by atoms with Gasteiger partial charge in [0.05, 0.1) is 11.0 Å². The highest BCUT2D eigenvalue weighted by molar-refractivity contribution is 5.88. The number of rotatable bonds is 7. The van der Waals surface area contributed by atoms with Crippen molar-refractivity contribution in [3.8, 4) is 5.75 Å². The van der Waals surface area contributed by atoms with Crippen LogP contribution in [0.5, 0.6) is 5.75 Å². The van der Waals surface area contributed by atoms with Crippen molar-refractivity contribution >= 4 is 16.9 Å². The number of likely N-dealkylation sites (tertiary alicyclic amines) is 1. The Morgan fingerprint density at radius 1 is 1.25 bits per heavy atom. The zero-order valence-electron chi connectivity index (χ0n) is 19.3. The first-order valence-electron chi connectivity index (χ1n) is 12.1. The molecule has 1 aliphatic heterocycles. The third-order valence-corrected chi connectivity index (χ3v) is 7.22. The minimum Gasteiger partial charge on any atom is -0.483 e. The summed E-state index contributed by atoms with van der Waals surface area (Å²) in [5.74, 6) is 0.695. The van der Waals surface area contributed by atoms with Crippen LogP contribution in [0.3, 0.4) is 0 Å². The van der Waals surface area contributed by atoms with E-state index >= 15 is 0 Å². The number of hydrogen-bond donors (Lipinski definition) is 1. The van der Waals surface area contributed by atoms with Gasteiger partial charge in [-0.1, -0.05) is 32.6 Å². The first-order valence-corrected chi connectivity index (χ1v) is 12.1. The van der Waals surface area contributed by atoms with Gasteiger partial charge < -0.3 is 19.2 Å². The molecule has 2 aromatic rings. The van der Waals surface area contributed by atoms with Crippen LogP contribution in [0.4, 0.5) is 0 Å². The molecule has 6 heteroatoms. The van der Waals surface area contributed by atoms with E-state index < -0.39 is 5.60 Å². The molecule has 1 aromatic carbocycles. The average molecular weight is 442 g/mol. The normalized spacial score (nSPS) is 23.2. The number of carbonyl (C=O) groups is 1. The number of aliphatic hydroxyl groups is 1. The summed E-state index contributed by atoms with van der Waals surface area (Å²) in [6.45, 7) is 5.19. The number of piperidine rings is 1. The third-order valence-electron chi connectivity index (χ3n) is 7.22. The van der Waals surface area contributed by atoms with Gasteiger partial charge in [-0.15, -0.1) is 0 Å². The molecule has 2 fully saturated rings. The Bertz CT molecular complexity index is 1030. The van der Waals surface area contributed by atoms with Crippen LogP contribution in [0.2, 0.25) is 0 Å². The molecular weight excluding hydrogens is 406 g/mol. The molecule has 1 amide bonds. The van der Waals surface area contributed by atoms with E-state index in [0.717, 1.165) is 67.9 Å². The van der Waals surface area contributed by atoms with Crippen LogP contribution in [0.1, 0.15) is 69.4 Å². The van der Waals surface area contributed by atoms with Gasteiger partial charge in [0.1, 0.15) is 11.3 Å². The summed E-state index contributed by atoms with van der Waals surface area (Å²) in [4.78, 5) is 26.9. The Hall–Kier alpha value is -2.34. The fraction of sp³-hybridized carbons (Fsp3) is 0.615. The van der Waals surface area contributed by atoms with E-state index in [1.807, 2.05) is 24.0 Å². The molecular formula is C26H35NO5. The number of hydrogen-bond acceptors (Lipinski definition) is 5. The van der Waals surface area contributed by atoms with Crippen molar-refractivity contribution in [3.63, 3.8) is 0 Å². The molecule has 1 saturated carbocycles. The molecule has 0 bridgehead atoms. The van der Waals surface area contributed by atoms with Crippen LogP contribution in [-0.4, -0.2) is 41.2 Å². The van der Waals surface area contributed by atoms with Crippen LogP contribution in [0, 0.1) is 12.8 Å². The van der Waals surface area contributed by atoms with Crippen molar-refractivity contribution in [1.29, 1.82) is 0 Å². The lowest BCUT2D eigenvalue weighted by atomic mass is 9.71. The van der Waals surface area contributed by atoms with Crippen molar-refractivity contribution in [1.82, 2.24) is 4.90 Å². The van der Waals surface area contributed by atoms with Crippen molar-refractivity contribution in [2.45, 2.75) is 77.2 Å². The van der Waals surface area contributed by atoms with Gasteiger partial charge in [0.15, 0.2) is 6.61 Å². The van der Waals surface area contributed by atoms with Gasteiger partial charge in [-0.05, 0) is 62.3 Å². The SMILES string of the molecule is CCCCCc1cc(=O)oc2cc(C)cc(OCC(=O)N3CC[C@@]4(O)CCCC[C@H]4C3)c12. The van der Waals surface area contributed by atoms with E-state index in [9.17, 15) is 14.7 Å². The first kappa shape index (κ1) is 22.8. The number of benzene rings is 1. The van der Waals surface area contributed by atoms with Crippen molar-refractivity contribution in [2.24, 2.45) is 5.92 Å². The second-order valence-corrected chi connectivity index (χ2v) is 9.61. The first-order chi connectivity index (χ1) is 15.4. The molecule has 0 unspecified atom stereocenters. The van der Waals surface area contributed by atoms with Crippen LogP contribution in [-0.2, 0) is 11.2 Å². The fourth-order valence-corrected chi connectivity index (χ4v) is 5.37. The number of fused-ring (bicyclic) bond motifs is 2. The van der Waals surface area contributed by atoms with Crippen molar-refractivity contribution < 1.29 is 19.1 Å². The molecule has 1 N–H and O–H groups in total. The van der Waals surface area contributed by atoms with Gasteiger partial charge in [-0.2, -0.15) is 0 Å². The number of unbranched alkanes of at least 4 members (excludes halogenated alkanes) is 2. The van der Waals surface area contributed by atoms with Crippen LogP contribution >= 0.6 is 0 Å². The van der Waals surface area contributed by atoms with E-state index in [1.54, 1.807) is 6.07 Å². The lowest BCUT2D eigenvalue weighted by Crippen LogP contribution is -2.55. The summed E-state index contributed by atoms with van der Waals surface area (Å²) in [5.41, 5.74) is 1.38. The van der Waals surface area contributed by atoms with Gasteiger partial charge in [0.25, 0.3) is 5.91 Å². The van der Waals surface area contributed by atoms with Gasteiger partial charge in [-0.25, -0.2) is 4.79 Å². The highest BCUT2D eigenvalue weighted by Crippen LogP contribution is 2.40. The molecule has 2 heterocycles. The number of aryl methyl sites for hydroxylation is 2. The Kier molecular flexibility index (Phi) is 6.89. The number of ether oxygens (including phenoxy) is 1. The number of carbonyl (C=O) groups excluding carboxylic acids is 1. The molecule has 1 saturated heterocycles. The van der Waals surface area contributed by atoms with Gasteiger partial charge in [0, 0.05) is 25.1 Å². The second-order valence-electron chi connectivity index (χ2n) is 9.61. The molecule has 6 nitrogen and oxygen atoms in total. The van der Waals surface area contributed by atoms with E-state index in [-0.39, 0.29) is 24.1 Å². The molecule has 32 heavy (non-hydrogen) atoms. The Morgan fingerprint density at radius 2 is 2.09 bits per heavy atom. The van der Waals surface area contributed by atoms with Crippen LogP contribution in [0.25, 0.3) is 11.0 Å². The predicted molar refractivity (Wildman–Crippen MR) is 124 cm³/mol. The second kappa shape index (κ2) is 9.65.